The molecule has 0 atom stereocenters. The summed E-state index contributed by atoms with van der Waals surface area (Å²) in [7, 11) is -2.17. The SMILES string of the molecule is CN(CC(=O)NC(C)(C)CC(C)(C)C)S(=O)(=O)c1cccs1. The summed E-state index contributed by atoms with van der Waals surface area (Å²) in [6, 6.07) is 3.22. The van der Waals surface area contributed by atoms with Crippen molar-refractivity contribution in [2.45, 2.75) is 50.8 Å². The van der Waals surface area contributed by atoms with Gasteiger partial charge in [-0.2, -0.15) is 4.31 Å². The third-order valence-electron chi connectivity index (χ3n) is 2.98. The molecule has 0 aliphatic heterocycles. The fourth-order valence-electron chi connectivity index (χ4n) is 2.64. The summed E-state index contributed by atoms with van der Waals surface area (Å²) in [6.07, 6.45) is 0.799. The largest absolute Gasteiger partial charge is 0.350 e. The third kappa shape index (κ3) is 5.70. The smallest absolute Gasteiger partial charge is 0.252 e. The lowest BCUT2D eigenvalue weighted by atomic mass is 9.82. The third-order valence-corrected chi connectivity index (χ3v) is 6.15. The number of likely N-dealkylation sites (N-methyl/N-ethyl adjacent to an activating group) is 1. The van der Waals surface area contributed by atoms with Crippen LogP contribution in [0, 0.1) is 5.41 Å². The van der Waals surface area contributed by atoms with Crippen LogP contribution in [-0.4, -0.2) is 37.8 Å². The van der Waals surface area contributed by atoms with E-state index in [1.165, 1.54) is 13.1 Å². The van der Waals surface area contributed by atoms with Gasteiger partial charge in [-0.15, -0.1) is 11.3 Å². The molecule has 0 aliphatic rings. The minimum atomic E-state index is -3.59. The molecule has 1 rings (SSSR count). The van der Waals surface area contributed by atoms with E-state index in [-0.39, 0.29) is 27.6 Å². The molecular formula is C15H26N2O3S2. The van der Waals surface area contributed by atoms with Crippen molar-refractivity contribution in [1.29, 1.82) is 0 Å². The van der Waals surface area contributed by atoms with Gasteiger partial charge >= 0.3 is 0 Å². The van der Waals surface area contributed by atoms with Gasteiger partial charge in [-0.1, -0.05) is 26.8 Å². The lowest BCUT2D eigenvalue weighted by Gasteiger charge is -2.33. The first-order valence-corrected chi connectivity index (χ1v) is 9.46. The summed E-state index contributed by atoms with van der Waals surface area (Å²) in [5.74, 6) is -0.295. The summed E-state index contributed by atoms with van der Waals surface area (Å²) in [4.78, 5) is 12.2. The van der Waals surface area contributed by atoms with Crippen molar-refractivity contribution in [2.24, 2.45) is 5.41 Å². The van der Waals surface area contributed by atoms with E-state index in [1.807, 2.05) is 13.8 Å². The molecule has 1 aromatic heterocycles. The molecule has 0 unspecified atom stereocenters. The van der Waals surface area contributed by atoms with Crippen molar-refractivity contribution in [3.63, 3.8) is 0 Å². The second-order valence-electron chi connectivity index (χ2n) is 7.36. The number of hydrogen-bond acceptors (Lipinski definition) is 4. The minimum absolute atomic E-state index is 0.0751. The Morgan fingerprint density at radius 3 is 2.32 bits per heavy atom. The Labute approximate surface area is 137 Å². The number of hydrogen-bond donors (Lipinski definition) is 1. The van der Waals surface area contributed by atoms with Crippen LogP contribution in [0.3, 0.4) is 0 Å². The van der Waals surface area contributed by atoms with Crippen molar-refractivity contribution in [3.05, 3.63) is 17.5 Å². The number of carbonyl (C=O) groups is 1. The molecule has 0 aromatic carbocycles. The maximum Gasteiger partial charge on any atom is 0.252 e. The van der Waals surface area contributed by atoms with E-state index < -0.39 is 10.0 Å². The second kappa shape index (κ2) is 6.68. The highest BCUT2D eigenvalue weighted by molar-refractivity contribution is 7.91. The zero-order valence-corrected chi connectivity index (χ0v) is 15.8. The van der Waals surface area contributed by atoms with Gasteiger partial charge in [-0.3, -0.25) is 4.79 Å². The van der Waals surface area contributed by atoms with Crippen LogP contribution in [0.2, 0.25) is 0 Å². The van der Waals surface area contributed by atoms with Crippen molar-refractivity contribution in [3.8, 4) is 0 Å². The van der Waals surface area contributed by atoms with E-state index >= 15 is 0 Å². The summed E-state index contributed by atoms with van der Waals surface area (Å²) in [5, 5.41) is 4.62. The summed E-state index contributed by atoms with van der Waals surface area (Å²) in [5.41, 5.74) is -0.311. The molecule has 1 heterocycles. The van der Waals surface area contributed by atoms with Crippen LogP contribution in [0.1, 0.15) is 41.0 Å². The van der Waals surface area contributed by atoms with Crippen molar-refractivity contribution in [2.75, 3.05) is 13.6 Å². The van der Waals surface area contributed by atoms with Crippen LogP contribution in [0.25, 0.3) is 0 Å². The lowest BCUT2D eigenvalue weighted by molar-refractivity contribution is -0.123. The first-order valence-electron chi connectivity index (χ1n) is 7.14. The van der Waals surface area contributed by atoms with Gasteiger partial charge in [0, 0.05) is 12.6 Å². The summed E-state index contributed by atoms with van der Waals surface area (Å²) >= 11 is 1.14. The van der Waals surface area contributed by atoms with Gasteiger partial charge in [-0.25, -0.2) is 8.42 Å². The minimum Gasteiger partial charge on any atom is -0.350 e. The quantitative estimate of drug-likeness (QED) is 0.861. The van der Waals surface area contributed by atoms with E-state index in [4.69, 9.17) is 0 Å². The highest BCUT2D eigenvalue weighted by Crippen LogP contribution is 2.26. The molecule has 5 nitrogen and oxygen atoms in total. The number of rotatable bonds is 6. The van der Waals surface area contributed by atoms with Crippen LogP contribution in [0.15, 0.2) is 21.7 Å². The summed E-state index contributed by atoms with van der Waals surface area (Å²) < 4.78 is 25.9. The zero-order valence-electron chi connectivity index (χ0n) is 14.1. The predicted molar refractivity (Wildman–Crippen MR) is 90.4 cm³/mol. The van der Waals surface area contributed by atoms with Crippen molar-refractivity contribution in [1.82, 2.24) is 9.62 Å². The average Bonchev–Trinajstić information content (AvgIpc) is 2.77. The van der Waals surface area contributed by atoms with Crippen LogP contribution >= 0.6 is 11.3 Å². The van der Waals surface area contributed by atoms with Gasteiger partial charge in [0.2, 0.25) is 5.91 Å². The van der Waals surface area contributed by atoms with E-state index in [0.29, 0.717) is 0 Å². The van der Waals surface area contributed by atoms with E-state index in [9.17, 15) is 13.2 Å². The molecule has 0 saturated heterocycles. The molecule has 1 aromatic rings. The highest BCUT2D eigenvalue weighted by atomic mass is 32.2. The number of carbonyl (C=O) groups excluding carboxylic acids is 1. The Morgan fingerprint density at radius 1 is 1.27 bits per heavy atom. The van der Waals surface area contributed by atoms with Crippen LogP contribution in [-0.2, 0) is 14.8 Å². The number of nitrogens with one attached hydrogen (secondary N) is 1. The Bertz CT molecular complexity index is 599. The molecule has 0 saturated carbocycles. The topological polar surface area (TPSA) is 66.5 Å². The average molecular weight is 347 g/mol. The Balaban J connectivity index is 2.69. The normalized spacial score (nSPS) is 13.4. The maximum atomic E-state index is 12.3. The first kappa shape index (κ1) is 19.1. The molecule has 1 amide bonds. The summed E-state index contributed by atoms with van der Waals surface area (Å²) in [6.45, 7) is 10.0. The molecular weight excluding hydrogens is 320 g/mol. The van der Waals surface area contributed by atoms with E-state index in [2.05, 4.69) is 26.1 Å². The molecule has 0 radical (unpaired) electrons. The van der Waals surface area contributed by atoms with Gasteiger partial charge in [0.1, 0.15) is 4.21 Å². The van der Waals surface area contributed by atoms with E-state index in [1.54, 1.807) is 11.4 Å². The molecule has 1 N–H and O–H groups in total. The van der Waals surface area contributed by atoms with E-state index in [0.717, 1.165) is 22.1 Å². The second-order valence-corrected chi connectivity index (χ2v) is 10.6. The zero-order chi connectivity index (χ0) is 17.2. The number of thiophene rings is 1. The predicted octanol–water partition coefficient (Wildman–Crippen LogP) is 2.70. The van der Waals surface area contributed by atoms with Crippen molar-refractivity contribution < 1.29 is 13.2 Å². The van der Waals surface area contributed by atoms with Crippen molar-refractivity contribution >= 4 is 27.3 Å². The van der Waals surface area contributed by atoms with Gasteiger partial charge in [0.15, 0.2) is 0 Å². The molecule has 0 aliphatic carbocycles. The van der Waals surface area contributed by atoms with Crippen LogP contribution in [0.5, 0.6) is 0 Å². The Morgan fingerprint density at radius 2 is 1.86 bits per heavy atom. The molecule has 0 spiro atoms. The highest BCUT2D eigenvalue weighted by Gasteiger charge is 2.29. The fraction of sp³-hybridized carbons (Fsp3) is 0.667. The molecule has 22 heavy (non-hydrogen) atoms. The Hall–Kier alpha value is -0.920. The molecule has 0 bridgehead atoms. The monoisotopic (exact) mass is 346 g/mol. The number of amides is 1. The fourth-order valence-corrected chi connectivity index (χ4v) is 4.97. The molecule has 126 valence electrons. The lowest BCUT2D eigenvalue weighted by Crippen LogP contribution is -2.49. The van der Waals surface area contributed by atoms with Gasteiger partial charge in [0.05, 0.1) is 6.54 Å². The maximum absolute atomic E-state index is 12.3. The molecule has 7 heteroatoms. The Kier molecular flexibility index (Phi) is 5.81. The van der Waals surface area contributed by atoms with Crippen LogP contribution < -0.4 is 5.32 Å². The molecule has 0 fully saturated rings. The standard InChI is InChI=1S/C15H26N2O3S2/c1-14(2,3)11-15(4,5)16-12(18)10-17(6)22(19,20)13-8-7-9-21-13/h7-9H,10-11H2,1-6H3,(H,16,18). The number of sulfonamides is 1. The van der Waals surface area contributed by atoms with Gasteiger partial charge in [0.25, 0.3) is 10.0 Å². The van der Waals surface area contributed by atoms with Gasteiger partial charge in [-0.05, 0) is 37.1 Å². The number of nitrogens with zero attached hydrogens (tertiary/aromatic N) is 1. The van der Waals surface area contributed by atoms with Crippen LogP contribution in [0.4, 0.5) is 0 Å². The first-order chi connectivity index (χ1) is 9.83. The van der Waals surface area contributed by atoms with Gasteiger partial charge < -0.3 is 5.32 Å².